The van der Waals surface area contributed by atoms with Crippen LogP contribution in [0.1, 0.15) is 21.5 Å². The van der Waals surface area contributed by atoms with Crippen LogP contribution in [0.4, 0.5) is 17.2 Å². The van der Waals surface area contributed by atoms with Gasteiger partial charge in [-0.05, 0) is 36.2 Å². The third-order valence-corrected chi connectivity index (χ3v) is 4.40. The standard InChI is InChI=1S/C19H19N5O/c1-13-4-2-3-5-17(13)24-11-15-7-6-14(10-16(15)20-12-24)19(25)22-18-8-9-21-23-18/h2-10,20H,11-12H2,1H3,(H2,21,22,23,25). The molecule has 0 spiro atoms. The molecular formula is C19H19N5O. The van der Waals surface area contributed by atoms with E-state index in [9.17, 15) is 4.79 Å². The molecule has 1 aliphatic rings. The molecule has 0 unspecified atom stereocenters. The Morgan fingerprint density at radius 3 is 2.88 bits per heavy atom. The topological polar surface area (TPSA) is 73.1 Å². The maximum absolute atomic E-state index is 12.3. The number of aromatic nitrogens is 2. The van der Waals surface area contributed by atoms with Gasteiger partial charge < -0.3 is 15.5 Å². The Morgan fingerprint density at radius 2 is 2.08 bits per heavy atom. The van der Waals surface area contributed by atoms with Gasteiger partial charge in [0.1, 0.15) is 5.82 Å². The van der Waals surface area contributed by atoms with Gasteiger partial charge in [0.05, 0.1) is 12.9 Å². The van der Waals surface area contributed by atoms with Crippen molar-refractivity contribution < 1.29 is 4.79 Å². The first-order valence-electron chi connectivity index (χ1n) is 8.19. The van der Waals surface area contributed by atoms with Crippen LogP contribution in [-0.4, -0.2) is 22.8 Å². The van der Waals surface area contributed by atoms with Gasteiger partial charge in [0.2, 0.25) is 0 Å². The van der Waals surface area contributed by atoms with Gasteiger partial charge in [-0.2, -0.15) is 5.10 Å². The van der Waals surface area contributed by atoms with Crippen molar-refractivity contribution >= 4 is 23.1 Å². The van der Waals surface area contributed by atoms with E-state index in [4.69, 9.17) is 0 Å². The van der Waals surface area contributed by atoms with Crippen molar-refractivity contribution in [3.8, 4) is 0 Å². The lowest BCUT2D eigenvalue weighted by Crippen LogP contribution is -2.34. The first kappa shape index (κ1) is 15.3. The smallest absolute Gasteiger partial charge is 0.256 e. The Morgan fingerprint density at radius 1 is 1.20 bits per heavy atom. The van der Waals surface area contributed by atoms with E-state index in [0.29, 0.717) is 18.1 Å². The van der Waals surface area contributed by atoms with E-state index in [-0.39, 0.29) is 5.91 Å². The van der Waals surface area contributed by atoms with Gasteiger partial charge in [-0.1, -0.05) is 24.3 Å². The maximum atomic E-state index is 12.3. The van der Waals surface area contributed by atoms with Crippen LogP contribution in [0, 0.1) is 6.92 Å². The Kier molecular flexibility index (Phi) is 3.85. The van der Waals surface area contributed by atoms with Gasteiger partial charge in [-0.3, -0.25) is 9.89 Å². The summed E-state index contributed by atoms with van der Waals surface area (Å²) in [4.78, 5) is 14.6. The summed E-state index contributed by atoms with van der Waals surface area (Å²) in [6.07, 6.45) is 1.60. The van der Waals surface area contributed by atoms with Crippen molar-refractivity contribution in [1.82, 2.24) is 10.2 Å². The van der Waals surface area contributed by atoms with E-state index in [1.165, 1.54) is 16.8 Å². The predicted octanol–water partition coefficient (Wildman–Crippen LogP) is 3.36. The highest BCUT2D eigenvalue weighted by molar-refractivity contribution is 6.04. The number of carbonyl (C=O) groups is 1. The third-order valence-electron chi connectivity index (χ3n) is 4.40. The molecule has 0 saturated heterocycles. The lowest BCUT2D eigenvalue weighted by atomic mass is 10.0. The second-order valence-corrected chi connectivity index (χ2v) is 6.12. The number of para-hydroxylation sites is 1. The summed E-state index contributed by atoms with van der Waals surface area (Å²) in [6, 6.07) is 15.8. The number of fused-ring (bicyclic) bond motifs is 1. The molecule has 0 bridgehead atoms. The molecule has 4 rings (SSSR count). The van der Waals surface area contributed by atoms with Crippen molar-refractivity contribution in [3.63, 3.8) is 0 Å². The average Bonchev–Trinajstić information content (AvgIpc) is 3.14. The van der Waals surface area contributed by atoms with Gasteiger partial charge >= 0.3 is 0 Å². The molecule has 25 heavy (non-hydrogen) atoms. The average molecular weight is 333 g/mol. The highest BCUT2D eigenvalue weighted by Crippen LogP contribution is 2.29. The van der Waals surface area contributed by atoms with E-state index in [1.807, 2.05) is 18.2 Å². The zero-order valence-electron chi connectivity index (χ0n) is 13.9. The molecular weight excluding hydrogens is 314 g/mol. The molecule has 6 heteroatoms. The minimum absolute atomic E-state index is 0.157. The fourth-order valence-electron chi connectivity index (χ4n) is 3.07. The SMILES string of the molecule is Cc1ccccc1N1CNc2cc(C(=O)Nc3ccn[nH]3)ccc2C1. The fourth-order valence-corrected chi connectivity index (χ4v) is 3.07. The highest BCUT2D eigenvalue weighted by atomic mass is 16.1. The van der Waals surface area contributed by atoms with Crippen LogP contribution >= 0.6 is 0 Å². The second kappa shape index (κ2) is 6.32. The summed E-state index contributed by atoms with van der Waals surface area (Å²) in [5.41, 5.74) is 5.27. The number of rotatable bonds is 3. The van der Waals surface area contributed by atoms with Crippen LogP contribution in [0.3, 0.4) is 0 Å². The molecule has 0 atom stereocenters. The fraction of sp³-hybridized carbons (Fsp3) is 0.158. The maximum Gasteiger partial charge on any atom is 0.256 e. The van der Waals surface area contributed by atoms with Gasteiger partial charge in [0, 0.05) is 29.5 Å². The summed E-state index contributed by atoms with van der Waals surface area (Å²) < 4.78 is 0. The summed E-state index contributed by atoms with van der Waals surface area (Å²) in [5, 5.41) is 12.8. The Labute approximate surface area is 145 Å². The van der Waals surface area contributed by atoms with E-state index in [0.717, 1.165) is 12.2 Å². The van der Waals surface area contributed by atoms with Crippen molar-refractivity contribution in [2.24, 2.45) is 0 Å². The number of nitrogens with zero attached hydrogens (tertiary/aromatic N) is 2. The lowest BCUT2D eigenvalue weighted by Gasteiger charge is -2.33. The van der Waals surface area contributed by atoms with Crippen molar-refractivity contribution in [1.29, 1.82) is 0 Å². The summed E-state index contributed by atoms with van der Waals surface area (Å²) >= 11 is 0. The zero-order valence-corrected chi connectivity index (χ0v) is 13.9. The quantitative estimate of drug-likeness (QED) is 0.687. The van der Waals surface area contributed by atoms with Gasteiger partial charge in [-0.15, -0.1) is 0 Å². The molecule has 0 fully saturated rings. The molecule has 1 amide bonds. The molecule has 0 saturated carbocycles. The zero-order chi connectivity index (χ0) is 17.2. The number of benzene rings is 2. The van der Waals surface area contributed by atoms with E-state index < -0.39 is 0 Å². The van der Waals surface area contributed by atoms with E-state index in [1.54, 1.807) is 12.3 Å². The molecule has 1 aliphatic heterocycles. The molecule has 126 valence electrons. The van der Waals surface area contributed by atoms with E-state index >= 15 is 0 Å². The number of hydrogen-bond acceptors (Lipinski definition) is 4. The molecule has 3 N–H and O–H groups in total. The number of aryl methyl sites for hydroxylation is 1. The number of H-pyrrole nitrogens is 1. The molecule has 0 radical (unpaired) electrons. The largest absolute Gasteiger partial charge is 0.367 e. The normalized spacial score (nSPS) is 13.1. The van der Waals surface area contributed by atoms with Gasteiger partial charge in [0.15, 0.2) is 0 Å². The van der Waals surface area contributed by atoms with Gasteiger partial charge in [-0.25, -0.2) is 0 Å². The van der Waals surface area contributed by atoms with Crippen LogP contribution in [-0.2, 0) is 6.54 Å². The first-order chi connectivity index (χ1) is 12.2. The summed E-state index contributed by atoms with van der Waals surface area (Å²) in [7, 11) is 0. The first-order valence-corrected chi connectivity index (χ1v) is 8.19. The van der Waals surface area contributed by atoms with Crippen LogP contribution in [0.5, 0.6) is 0 Å². The van der Waals surface area contributed by atoms with Crippen LogP contribution in [0.15, 0.2) is 54.7 Å². The van der Waals surface area contributed by atoms with Crippen LogP contribution < -0.4 is 15.5 Å². The minimum Gasteiger partial charge on any atom is -0.367 e. The molecule has 2 aromatic carbocycles. The van der Waals surface area contributed by atoms with Crippen LogP contribution in [0.2, 0.25) is 0 Å². The minimum atomic E-state index is -0.157. The molecule has 1 aromatic heterocycles. The van der Waals surface area contributed by atoms with Crippen molar-refractivity contribution in [2.45, 2.75) is 13.5 Å². The summed E-state index contributed by atoms with van der Waals surface area (Å²) in [5.74, 6) is 0.427. The highest BCUT2D eigenvalue weighted by Gasteiger charge is 2.18. The molecule has 3 aromatic rings. The Bertz CT molecular complexity index is 904. The number of hydrogen-bond donors (Lipinski definition) is 3. The van der Waals surface area contributed by atoms with Crippen molar-refractivity contribution in [3.05, 3.63) is 71.4 Å². The van der Waals surface area contributed by atoms with Gasteiger partial charge in [0.25, 0.3) is 5.91 Å². The number of nitrogens with one attached hydrogen (secondary N) is 3. The monoisotopic (exact) mass is 333 g/mol. The van der Waals surface area contributed by atoms with Crippen molar-refractivity contribution in [2.75, 3.05) is 22.2 Å². The molecule has 6 nitrogen and oxygen atoms in total. The molecule has 0 aliphatic carbocycles. The Balaban J connectivity index is 1.53. The number of aromatic amines is 1. The second-order valence-electron chi connectivity index (χ2n) is 6.12. The molecule has 2 heterocycles. The number of carbonyl (C=O) groups excluding carboxylic acids is 1. The summed E-state index contributed by atoms with van der Waals surface area (Å²) in [6.45, 7) is 3.65. The third kappa shape index (κ3) is 3.06. The predicted molar refractivity (Wildman–Crippen MR) is 98.8 cm³/mol. The number of amides is 1. The lowest BCUT2D eigenvalue weighted by molar-refractivity contribution is 0.102. The van der Waals surface area contributed by atoms with Crippen LogP contribution in [0.25, 0.3) is 0 Å². The Hall–Kier alpha value is -3.28. The van der Waals surface area contributed by atoms with E-state index in [2.05, 4.69) is 56.9 Å². The number of anilines is 3.